The molecule has 3 atom stereocenters. The van der Waals surface area contributed by atoms with Gasteiger partial charge in [0, 0.05) is 18.7 Å². The van der Waals surface area contributed by atoms with Crippen molar-refractivity contribution in [3.05, 3.63) is 53.9 Å². The van der Waals surface area contributed by atoms with Crippen molar-refractivity contribution in [2.45, 2.75) is 38.4 Å². The topological polar surface area (TPSA) is 84.3 Å². The fourth-order valence-corrected chi connectivity index (χ4v) is 3.11. The van der Waals surface area contributed by atoms with E-state index in [0.717, 1.165) is 25.0 Å². The predicted octanol–water partition coefficient (Wildman–Crippen LogP) is 2.12. The van der Waals surface area contributed by atoms with Crippen LogP contribution in [0.2, 0.25) is 0 Å². The van der Waals surface area contributed by atoms with Crippen LogP contribution in [0.5, 0.6) is 5.75 Å². The van der Waals surface area contributed by atoms with Crippen LogP contribution in [0.4, 0.5) is 0 Å². The van der Waals surface area contributed by atoms with E-state index < -0.39 is 6.10 Å². The number of nitrogens with one attached hydrogen (secondary N) is 1. The molecule has 2 N–H and O–H groups in total. The second kappa shape index (κ2) is 8.07. The van der Waals surface area contributed by atoms with E-state index in [4.69, 9.17) is 4.74 Å². The Kier molecular flexibility index (Phi) is 5.60. The quantitative estimate of drug-likeness (QED) is 0.870. The molecule has 25 heavy (non-hydrogen) atoms. The number of aryl methyl sites for hydroxylation is 1. The number of carbonyl (C=O) groups is 1. The summed E-state index contributed by atoms with van der Waals surface area (Å²) in [4.78, 5) is 12.1. The summed E-state index contributed by atoms with van der Waals surface area (Å²) >= 11 is 0. The lowest BCUT2D eigenvalue weighted by molar-refractivity contribution is -0.0301. The fourth-order valence-electron chi connectivity index (χ4n) is 3.11. The standard InChI is InChI=1S/C19H23N3O3/c1-13-7-9-15(10-8-13)25-17-6-2-4-14(18(17)23)12-20-19(24)16-5-3-11-21-22-16/h3,5,7-11,14,17-18,23H,2,4,6,12H2,1H3,(H,20,24)/t14-,17-,18-/m1/s1. The van der Waals surface area contributed by atoms with Gasteiger partial charge in [0.25, 0.3) is 5.91 Å². The van der Waals surface area contributed by atoms with Crippen LogP contribution in [-0.2, 0) is 0 Å². The SMILES string of the molecule is Cc1ccc(O[C@@H]2CCC[C@H](CNC(=O)c3cccnn3)[C@H]2O)cc1. The van der Waals surface area contributed by atoms with Gasteiger partial charge < -0.3 is 15.2 Å². The van der Waals surface area contributed by atoms with E-state index in [-0.39, 0.29) is 23.6 Å². The van der Waals surface area contributed by atoms with Crippen LogP contribution in [0.3, 0.4) is 0 Å². The monoisotopic (exact) mass is 341 g/mol. The molecule has 1 saturated carbocycles. The van der Waals surface area contributed by atoms with Gasteiger partial charge in [0.2, 0.25) is 0 Å². The van der Waals surface area contributed by atoms with Gasteiger partial charge in [0.1, 0.15) is 11.9 Å². The highest BCUT2D eigenvalue weighted by Crippen LogP contribution is 2.28. The molecular formula is C19H23N3O3. The third kappa shape index (κ3) is 4.54. The number of amides is 1. The van der Waals surface area contributed by atoms with Crippen molar-refractivity contribution < 1.29 is 14.6 Å². The van der Waals surface area contributed by atoms with Gasteiger partial charge in [-0.15, -0.1) is 5.10 Å². The largest absolute Gasteiger partial charge is 0.488 e. The van der Waals surface area contributed by atoms with E-state index in [1.54, 1.807) is 12.1 Å². The van der Waals surface area contributed by atoms with E-state index in [0.29, 0.717) is 6.54 Å². The molecule has 6 heteroatoms. The van der Waals surface area contributed by atoms with E-state index in [1.807, 2.05) is 31.2 Å². The Morgan fingerprint density at radius 3 is 2.80 bits per heavy atom. The van der Waals surface area contributed by atoms with Crippen molar-refractivity contribution in [2.75, 3.05) is 6.54 Å². The Bertz CT molecular complexity index is 691. The minimum absolute atomic E-state index is 0.0372. The van der Waals surface area contributed by atoms with Crippen LogP contribution in [0.15, 0.2) is 42.6 Å². The Morgan fingerprint density at radius 2 is 2.08 bits per heavy atom. The zero-order chi connectivity index (χ0) is 17.6. The van der Waals surface area contributed by atoms with Gasteiger partial charge in [0.05, 0.1) is 6.10 Å². The normalized spacial score (nSPS) is 23.0. The van der Waals surface area contributed by atoms with E-state index in [1.165, 1.54) is 11.8 Å². The second-order valence-electron chi connectivity index (χ2n) is 6.47. The van der Waals surface area contributed by atoms with E-state index >= 15 is 0 Å². The molecule has 3 rings (SSSR count). The van der Waals surface area contributed by atoms with Gasteiger partial charge in [0.15, 0.2) is 5.69 Å². The van der Waals surface area contributed by atoms with Crippen LogP contribution < -0.4 is 10.1 Å². The zero-order valence-electron chi connectivity index (χ0n) is 14.3. The minimum Gasteiger partial charge on any atom is -0.488 e. The summed E-state index contributed by atoms with van der Waals surface area (Å²) in [7, 11) is 0. The van der Waals surface area contributed by atoms with Gasteiger partial charge in [-0.05, 0) is 50.5 Å². The van der Waals surface area contributed by atoms with Crippen molar-refractivity contribution in [3.8, 4) is 5.75 Å². The van der Waals surface area contributed by atoms with Crippen LogP contribution >= 0.6 is 0 Å². The minimum atomic E-state index is -0.614. The Labute approximate surface area is 147 Å². The predicted molar refractivity (Wildman–Crippen MR) is 93.3 cm³/mol. The number of carbonyl (C=O) groups excluding carboxylic acids is 1. The molecule has 1 heterocycles. The zero-order valence-corrected chi connectivity index (χ0v) is 14.3. The van der Waals surface area contributed by atoms with Gasteiger partial charge in [-0.3, -0.25) is 4.79 Å². The average molecular weight is 341 g/mol. The molecule has 0 radical (unpaired) electrons. The Hall–Kier alpha value is -2.47. The van der Waals surface area contributed by atoms with Crippen molar-refractivity contribution in [1.82, 2.24) is 15.5 Å². The molecule has 1 aromatic heterocycles. The van der Waals surface area contributed by atoms with E-state index in [9.17, 15) is 9.90 Å². The lowest BCUT2D eigenvalue weighted by Crippen LogP contribution is -2.45. The molecule has 0 aliphatic heterocycles. The summed E-state index contributed by atoms with van der Waals surface area (Å²) in [5.41, 5.74) is 1.45. The van der Waals surface area contributed by atoms with Crippen LogP contribution in [0, 0.1) is 12.8 Å². The molecular weight excluding hydrogens is 318 g/mol. The van der Waals surface area contributed by atoms with E-state index in [2.05, 4.69) is 15.5 Å². The smallest absolute Gasteiger partial charge is 0.271 e. The molecule has 2 aromatic rings. The number of aromatic nitrogens is 2. The highest BCUT2D eigenvalue weighted by Gasteiger charge is 2.33. The highest BCUT2D eigenvalue weighted by molar-refractivity contribution is 5.91. The number of ether oxygens (including phenoxy) is 1. The molecule has 0 unspecified atom stereocenters. The molecule has 1 aliphatic carbocycles. The molecule has 1 amide bonds. The molecule has 132 valence electrons. The third-order valence-electron chi connectivity index (χ3n) is 4.57. The number of hydrogen-bond acceptors (Lipinski definition) is 5. The van der Waals surface area contributed by atoms with Crippen molar-refractivity contribution >= 4 is 5.91 Å². The first kappa shape index (κ1) is 17.4. The highest BCUT2D eigenvalue weighted by atomic mass is 16.5. The molecule has 6 nitrogen and oxygen atoms in total. The molecule has 0 bridgehead atoms. The van der Waals surface area contributed by atoms with Crippen LogP contribution in [0.25, 0.3) is 0 Å². The number of benzene rings is 1. The lowest BCUT2D eigenvalue weighted by Gasteiger charge is -2.35. The van der Waals surface area contributed by atoms with Crippen LogP contribution in [-0.4, -0.2) is 40.0 Å². The number of nitrogens with zero attached hydrogens (tertiary/aromatic N) is 2. The first-order valence-corrected chi connectivity index (χ1v) is 8.61. The maximum absolute atomic E-state index is 12.1. The molecule has 0 saturated heterocycles. The first-order valence-electron chi connectivity index (χ1n) is 8.61. The molecule has 0 spiro atoms. The summed E-state index contributed by atoms with van der Waals surface area (Å²) < 4.78 is 5.96. The maximum Gasteiger partial charge on any atom is 0.271 e. The Morgan fingerprint density at radius 1 is 1.28 bits per heavy atom. The number of aliphatic hydroxyl groups is 1. The van der Waals surface area contributed by atoms with Crippen LogP contribution in [0.1, 0.15) is 35.3 Å². The van der Waals surface area contributed by atoms with Gasteiger partial charge >= 0.3 is 0 Å². The van der Waals surface area contributed by atoms with Crippen molar-refractivity contribution in [1.29, 1.82) is 0 Å². The summed E-state index contributed by atoms with van der Waals surface area (Å²) in [6.45, 7) is 2.42. The maximum atomic E-state index is 12.1. The summed E-state index contributed by atoms with van der Waals surface area (Å²) in [5.74, 6) is 0.450. The average Bonchev–Trinajstić information content (AvgIpc) is 2.64. The van der Waals surface area contributed by atoms with Gasteiger partial charge in [-0.1, -0.05) is 17.7 Å². The summed E-state index contributed by atoms with van der Waals surface area (Å²) in [5, 5.41) is 20.9. The van der Waals surface area contributed by atoms with Crippen molar-refractivity contribution in [3.63, 3.8) is 0 Å². The number of hydrogen-bond donors (Lipinski definition) is 2. The number of rotatable bonds is 5. The van der Waals surface area contributed by atoms with Gasteiger partial charge in [-0.2, -0.15) is 5.10 Å². The van der Waals surface area contributed by atoms with Gasteiger partial charge in [-0.25, -0.2) is 0 Å². The summed E-state index contributed by atoms with van der Waals surface area (Å²) in [6.07, 6.45) is 3.28. The number of aliphatic hydroxyl groups excluding tert-OH is 1. The summed E-state index contributed by atoms with van der Waals surface area (Å²) in [6, 6.07) is 11.1. The second-order valence-corrected chi connectivity index (χ2v) is 6.47. The third-order valence-corrected chi connectivity index (χ3v) is 4.57. The Balaban J connectivity index is 1.55. The molecule has 1 aromatic carbocycles. The molecule has 1 fully saturated rings. The molecule has 1 aliphatic rings. The lowest BCUT2D eigenvalue weighted by atomic mass is 9.84. The fraction of sp³-hybridized carbons (Fsp3) is 0.421. The first-order chi connectivity index (χ1) is 12.1. The van der Waals surface area contributed by atoms with Crippen molar-refractivity contribution in [2.24, 2.45) is 5.92 Å².